The Morgan fingerprint density at radius 2 is 1.45 bits per heavy atom. The Hall–Kier alpha value is -2.49. The number of amides is 1. The number of aromatic nitrogens is 2. The van der Waals surface area contributed by atoms with E-state index >= 15 is 0 Å². The molecular formula is C22H14Br3N3O3. The van der Waals surface area contributed by atoms with Crippen molar-refractivity contribution in [3.05, 3.63) is 80.1 Å². The SMILES string of the molecule is O=C(COc1c(Br)cc(Br)cc1Br)Nc1ccc(-c2nnc(-c3ccccc3)o2)cc1. The number of rotatable bonds is 6. The Kier molecular flexibility index (Phi) is 6.84. The van der Waals surface area contributed by atoms with Crippen molar-refractivity contribution in [2.45, 2.75) is 0 Å². The van der Waals surface area contributed by atoms with Crippen LogP contribution in [0.15, 0.2) is 84.6 Å². The molecule has 0 fully saturated rings. The van der Waals surface area contributed by atoms with Crippen LogP contribution in [0, 0.1) is 0 Å². The van der Waals surface area contributed by atoms with Gasteiger partial charge in [0, 0.05) is 21.3 Å². The van der Waals surface area contributed by atoms with Crippen molar-refractivity contribution >= 4 is 59.4 Å². The molecule has 3 aromatic carbocycles. The van der Waals surface area contributed by atoms with Gasteiger partial charge in [-0.3, -0.25) is 4.79 Å². The zero-order valence-corrected chi connectivity index (χ0v) is 20.6. The molecule has 0 bridgehead atoms. The summed E-state index contributed by atoms with van der Waals surface area (Å²) in [6, 6.07) is 20.4. The largest absolute Gasteiger partial charge is 0.481 e. The predicted octanol–water partition coefficient (Wildman–Crippen LogP) is 6.71. The molecule has 0 saturated heterocycles. The first-order valence-corrected chi connectivity index (χ1v) is 11.4. The van der Waals surface area contributed by atoms with Crippen molar-refractivity contribution in [2.75, 3.05) is 11.9 Å². The molecular weight excluding hydrogens is 594 g/mol. The van der Waals surface area contributed by atoms with E-state index in [9.17, 15) is 4.79 Å². The molecule has 0 saturated carbocycles. The summed E-state index contributed by atoms with van der Waals surface area (Å²) < 4.78 is 13.7. The number of benzene rings is 3. The quantitative estimate of drug-likeness (QED) is 0.264. The first-order valence-electron chi connectivity index (χ1n) is 9.06. The Balaban J connectivity index is 1.38. The fourth-order valence-corrected chi connectivity index (χ4v) is 5.22. The van der Waals surface area contributed by atoms with Crippen LogP contribution in [0.2, 0.25) is 0 Å². The van der Waals surface area contributed by atoms with Gasteiger partial charge in [-0.2, -0.15) is 0 Å². The number of nitrogens with zero attached hydrogens (tertiary/aromatic N) is 2. The maximum absolute atomic E-state index is 12.3. The van der Waals surface area contributed by atoms with Crippen molar-refractivity contribution in [1.82, 2.24) is 10.2 Å². The van der Waals surface area contributed by atoms with E-state index in [2.05, 4.69) is 63.3 Å². The van der Waals surface area contributed by atoms with E-state index in [0.29, 0.717) is 23.2 Å². The summed E-state index contributed by atoms with van der Waals surface area (Å²) in [5.41, 5.74) is 2.25. The van der Waals surface area contributed by atoms with Crippen molar-refractivity contribution in [1.29, 1.82) is 0 Å². The zero-order chi connectivity index (χ0) is 21.8. The van der Waals surface area contributed by atoms with Crippen molar-refractivity contribution in [2.24, 2.45) is 0 Å². The first kappa shape index (κ1) is 21.7. The smallest absolute Gasteiger partial charge is 0.262 e. The van der Waals surface area contributed by atoms with Crippen molar-refractivity contribution in [3.8, 4) is 28.7 Å². The van der Waals surface area contributed by atoms with Gasteiger partial charge >= 0.3 is 0 Å². The van der Waals surface area contributed by atoms with Crippen LogP contribution in [0.5, 0.6) is 5.75 Å². The molecule has 9 heteroatoms. The Morgan fingerprint density at radius 3 is 2.06 bits per heavy atom. The van der Waals surface area contributed by atoms with Crippen LogP contribution in [-0.2, 0) is 4.79 Å². The van der Waals surface area contributed by atoms with E-state index in [1.165, 1.54) is 0 Å². The molecule has 0 radical (unpaired) electrons. The number of halogens is 3. The third-order valence-electron chi connectivity index (χ3n) is 4.17. The summed E-state index contributed by atoms with van der Waals surface area (Å²) in [5, 5.41) is 11.0. The molecule has 0 aliphatic carbocycles. The second-order valence-corrected chi connectivity index (χ2v) is 9.02. The molecule has 0 spiro atoms. The summed E-state index contributed by atoms with van der Waals surface area (Å²) in [7, 11) is 0. The van der Waals surface area contributed by atoms with Gasteiger partial charge in [0.25, 0.3) is 5.91 Å². The van der Waals surface area contributed by atoms with Crippen LogP contribution in [0.25, 0.3) is 22.9 Å². The molecule has 0 unspecified atom stereocenters. The number of carbonyl (C=O) groups is 1. The van der Waals surface area contributed by atoms with Crippen LogP contribution in [0.4, 0.5) is 5.69 Å². The molecule has 6 nitrogen and oxygen atoms in total. The molecule has 1 heterocycles. The fraction of sp³-hybridized carbons (Fsp3) is 0.0455. The molecule has 31 heavy (non-hydrogen) atoms. The van der Waals surface area contributed by atoms with Gasteiger partial charge in [0.2, 0.25) is 11.8 Å². The van der Waals surface area contributed by atoms with Crippen molar-refractivity contribution in [3.63, 3.8) is 0 Å². The second kappa shape index (κ2) is 9.76. The number of ether oxygens (including phenoxy) is 1. The summed E-state index contributed by atoms with van der Waals surface area (Å²) in [4.78, 5) is 12.3. The van der Waals surface area contributed by atoms with Gasteiger partial charge in [-0.25, -0.2) is 0 Å². The Morgan fingerprint density at radius 1 is 0.871 bits per heavy atom. The lowest BCUT2D eigenvalue weighted by molar-refractivity contribution is -0.118. The van der Waals surface area contributed by atoms with Gasteiger partial charge in [0.1, 0.15) is 5.75 Å². The van der Waals surface area contributed by atoms with Gasteiger partial charge < -0.3 is 14.5 Å². The Labute approximate surface area is 203 Å². The van der Waals surface area contributed by atoms with Crippen LogP contribution < -0.4 is 10.1 Å². The molecule has 1 N–H and O–H groups in total. The third-order valence-corrected chi connectivity index (χ3v) is 5.81. The highest BCUT2D eigenvalue weighted by molar-refractivity contribution is 9.11. The van der Waals surface area contributed by atoms with E-state index in [-0.39, 0.29) is 12.5 Å². The standard InChI is InChI=1S/C22H14Br3N3O3/c23-15-10-17(24)20(18(25)11-15)30-12-19(29)26-16-8-6-14(7-9-16)22-28-27-21(31-22)13-4-2-1-3-5-13/h1-11H,12H2,(H,26,29). The van der Waals surface area contributed by atoms with E-state index < -0.39 is 0 Å². The molecule has 0 atom stereocenters. The lowest BCUT2D eigenvalue weighted by Crippen LogP contribution is -2.20. The molecule has 156 valence electrons. The maximum Gasteiger partial charge on any atom is 0.262 e. The number of nitrogens with one attached hydrogen (secondary N) is 1. The number of hydrogen-bond acceptors (Lipinski definition) is 5. The van der Waals surface area contributed by atoms with Crippen LogP contribution in [0.3, 0.4) is 0 Å². The van der Waals surface area contributed by atoms with Gasteiger partial charge in [-0.05, 0) is 80.4 Å². The number of carbonyl (C=O) groups excluding carboxylic acids is 1. The van der Waals surface area contributed by atoms with E-state index in [1.54, 1.807) is 24.3 Å². The van der Waals surface area contributed by atoms with Gasteiger partial charge in [-0.15, -0.1) is 10.2 Å². The topological polar surface area (TPSA) is 77.2 Å². The van der Waals surface area contributed by atoms with E-state index in [1.807, 2.05) is 42.5 Å². The van der Waals surface area contributed by atoms with E-state index in [0.717, 1.165) is 24.5 Å². The fourth-order valence-electron chi connectivity index (χ4n) is 2.74. The van der Waals surface area contributed by atoms with Crippen LogP contribution in [0.1, 0.15) is 0 Å². The summed E-state index contributed by atoms with van der Waals surface area (Å²) >= 11 is 10.2. The highest BCUT2D eigenvalue weighted by Crippen LogP contribution is 2.36. The maximum atomic E-state index is 12.3. The molecule has 1 amide bonds. The second-order valence-electron chi connectivity index (χ2n) is 6.39. The lowest BCUT2D eigenvalue weighted by atomic mass is 10.2. The third kappa shape index (κ3) is 5.41. The average molecular weight is 608 g/mol. The molecule has 4 aromatic rings. The van der Waals surface area contributed by atoms with Crippen molar-refractivity contribution < 1.29 is 13.9 Å². The lowest BCUT2D eigenvalue weighted by Gasteiger charge is -2.11. The summed E-state index contributed by atoms with van der Waals surface area (Å²) in [5.74, 6) is 1.14. The zero-order valence-electron chi connectivity index (χ0n) is 15.8. The predicted molar refractivity (Wildman–Crippen MR) is 129 cm³/mol. The monoisotopic (exact) mass is 605 g/mol. The summed E-state index contributed by atoms with van der Waals surface area (Å²) in [6.45, 7) is -0.134. The highest BCUT2D eigenvalue weighted by Gasteiger charge is 2.12. The molecule has 0 aliphatic heterocycles. The van der Waals surface area contributed by atoms with Crippen LogP contribution >= 0.6 is 47.8 Å². The van der Waals surface area contributed by atoms with Gasteiger partial charge in [0.15, 0.2) is 6.61 Å². The molecule has 1 aromatic heterocycles. The molecule has 0 aliphatic rings. The van der Waals surface area contributed by atoms with Crippen LogP contribution in [-0.4, -0.2) is 22.7 Å². The van der Waals surface area contributed by atoms with E-state index in [4.69, 9.17) is 9.15 Å². The average Bonchev–Trinajstić information content (AvgIpc) is 3.24. The Bertz CT molecular complexity index is 1190. The first-order chi connectivity index (χ1) is 15.0. The normalized spacial score (nSPS) is 10.7. The minimum Gasteiger partial charge on any atom is -0.481 e. The number of hydrogen-bond donors (Lipinski definition) is 1. The minimum atomic E-state index is -0.279. The summed E-state index contributed by atoms with van der Waals surface area (Å²) in [6.07, 6.45) is 0. The minimum absolute atomic E-state index is 0.134. The molecule has 4 rings (SSSR count). The number of anilines is 1. The van der Waals surface area contributed by atoms with Gasteiger partial charge in [-0.1, -0.05) is 34.1 Å². The van der Waals surface area contributed by atoms with Gasteiger partial charge in [0.05, 0.1) is 8.95 Å². The highest BCUT2D eigenvalue weighted by atomic mass is 79.9.